The van der Waals surface area contributed by atoms with Crippen LogP contribution in [0.4, 0.5) is 4.39 Å². The number of guanidine groups is 1. The Morgan fingerprint density at radius 2 is 2.19 bits per heavy atom. The Balaban J connectivity index is 0.00000243. The average molecular weight is 494 g/mol. The van der Waals surface area contributed by atoms with Crippen molar-refractivity contribution in [1.82, 2.24) is 15.6 Å². The van der Waals surface area contributed by atoms with Gasteiger partial charge in [0, 0.05) is 37.2 Å². The Bertz CT molecular complexity index is 882. The average Bonchev–Trinajstić information content (AvgIpc) is 3.13. The van der Waals surface area contributed by atoms with Gasteiger partial charge in [0.1, 0.15) is 5.82 Å². The van der Waals surface area contributed by atoms with Crippen LogP contribution in [0.1, 0.15) is 12.0 Å². The molecule has 1 aliphatic heterocycles. The zero-order chi connectivity index (χ0) is 17.9. The van der Waals surface area contributed by atoms with Gasteiger partial charge in [0.25, 0.3) is 0 Å². The van der Waals surface area contributed by atoms with Crippen LogP contribution in [0, 0.1) is 11.7 Å². The highest BCUT2D eigenvalue weighted by molar-refractivity contribution is 14.0. The molecule has 1 aromatic carbocycles. The predicted octanol–water partition coefficient (Wildman–Crippen LogP) is 2.07. The van der Waals surface area contributed by atoms with E-state index in [2.05, 4.69) is 20.6 Å². The second-order valence-corrected chi connectivity index (χ2v) is 8.63. The molecule has 1 unspecified atom stereocenters. The fourth-order valence-electron chi connectivity index (χ4n) is 3.17. The van der Waals surface area contributed by atoms with Gasteiger partial charge in [0.2, 0.25) is 0 Å². The first-order valence-corrected chi connectivity index (χ1v) is 10.2. The molecule has 1 atom stereocenters. The van der Waals surface area contributed by atoms with Gasteiger partial charge in [-0.2, -0.15) is 0 Å². The van der Waals surface area contributed by atoms with Gasteiger partial charge in [-0.05, 0) is 42.5 Å². The maximum atomic E-state index is 13.4. The molecule has 0 bridgehead atoms. The van der Waals surface area contributed by atoms with Gasteiger partial charge < -0.3 is 15.6 Å². The third-order valence-electron chi connectivity index (χ3n) is 4.52. The van der Waals surface area contributed by atoms with Gasteiger partial charge in [0.15, 0.2) is 15.8 Å². The lowest BCUT2D eigenvalue weighted by Crippen LogP contribution is -2.40. The summed E-state index contributed by atoms with van der Waals surface area (Å²) in [7, 11) is -1.17. The summed E-state index contributed by atoms with van der Waals surface area (Å²) in [5, 5.41) is 7.29. The molecular formula is C17H24FIN4O2S. The maximum absolute atomic E-state index is 13.4. The molecule has 2 aromatic rings. The lowest BCUT2D eigenvalue weighted by molar-refractivity contribution is 0.567. The molecule has 1 aliphatic rings. The zero-order valence-corrected chi connectivity index (χ0v) is 17.7. The van der Waals surface area contributed by atoms with Crippen LogP contribution >= 0.6 is 24.0 Å². The van der Waals surface area contributed by atoms with Crippen LogP contribution in [0.2, 0.25) is 0 Å². The molecule has 144 valence electrons. The minimum absolute atomic E-state index is 0. The molecule has 1 aromatic heterocycles. The number of aromatic amines is 1. The molecule has 0 spiro atoms. The Hall–Kier alpha value is -1.36. The summed E-state index contributed by atoms with van der Waals surface area (Å²) in [6, 6.07) is 4.71. The van der Waals surface area contributed by atoms with E-state index in [-0.39, 0.29) is 47.2 Å². The summed E-state index contributed by atoms with van der Waals surface area (Å²) < 4.78 is 36.4. The highest BCUT2D eigenvalue weighted by Gasteiger charge is 2.27. The van der Waals surface area contributed by atoms with Gasteiger partial charge in [-0.3, -0.25) is 4.99 Å². The Kier molecular flexibility index (Phi) is 7.27. The van der Waals surface area contributed by atoms with Gasteiger partial charge in [-0.15, -0.1) is 24.0 Å². The highest BCUT2D eigenvalue weighted by Crippen LogP contribution is 2.19. The predicted molar refractivity (Wildman–Crippen MR) is 114 cm³/mol. The van der Waals surface area contributed by atoms with E-state index in [1.807, 2.05) is 6.20 Å². The van der Waals surface area contributed by atoms with E-state index in [4.69, 9.17) is 0 Å². The van der Waals surface area contributed by atoms with Crippen LogP contribution in [-0.4, -0.2) is 51.0 Å². The van der Waals surface area contributed by atoms with Crippen molar-refractivity contribution in [2.24, 2.45) is 10.9 Å². The molecule has 26 heavy (non-hydrogen) atoms. The smallest absolute Gasteiger partial charge is 0.190 e. The zero-order valence-electron chi connectivity index (χ0n) is 14.6. The number of rotatable bonds is 5. The van der Waals surface area contributed by atoms with Crippen molar-refractivity contribution >= 4 is 50.7 Å². The number of benzene rings is 1. The van der Waals surface area contributed by atoms with Gasteiger partial charge in [0.05, 0.1) is 11.5 Å². The van der Waals surface area contributed by atoms with E-state index >= 15 is 0 Å². The second-order valence-electron chi connectivity index (χ2n) is 6.40. The molecule has 3 rings (SSSR count). The molecule has 0 aliphatic carbocycles. The normalized spacial score (nSPS) is 19.3. The van der Waals surface area contributed by atoms with E-state index in [0.717, 1.165) is 22.9 Å². The molecule has 1 fully saturated rings. The van der Waals surface area contributed by atoms with E-state index in [1.54, 1.807) is 13.1 Å². The van der Waals surface area contributed by atoms with Crippen LogP contribution in [0.5, 0.6) is 0 Å². The SMILES string of the molecule is CN=C(NCCc1c[nH]c2ccc(F)cc12)NCC1CCS(=O)(=O)C1.I. The molecule has 9 heteroatoms. The minimum atomic E-state index is -2.86. The van der Waals surface area contributed by atoms with Gasteiger partial charge >= 0.3 is 0 Å². The topological polar surface area (TPSA) is 86.3 Å². The van der Waals surface area contributed by atoms with Crippen molar-refractivity contribution in [3.8, 4) is 0 Å². The number of hydrogen-bond acceptors (Lipinski definition) is 3. The number of H-pyrrole nitrogens is 1. The van der Waals surface area contributed by atoms with E-state index in [0.29, 0.717) is 25.5 Å². The van der Waals surface area contributed by atoms with Crippen molar-refractivity contribution in [2.75, 3.05) is 31.6 Å². The molecule has 3 N–H and O–H groups in total. The van der Waals surface area contributed by atoms with Crippen molar-refractivity contribution in [3.63, 3.8) is 0 Å². The number of nitrogens with one attached hydrogen (secondary N) is 3. The Morgan fingerprint density at radius 3 is 2.88 bits per heavy atom. The first-order valence-electron chi connectivity index (χ1n) is 8.37. The summed E-state index contributed by atoms with van der Waals surface area (Å²) in [6.07, 6.45) is 3.32. The number of fused-ring (bicyclic) bond motifs is 1. The standard InChI is InChI=1S/C17H23FN4O2S.HI/c1-19-17(22-9-12-5-7-25(23,24)11-12)20-6-4-13-10-21-16-3-2-14(18)8-15(13)16;/h2-3,8,10,12,21H,4-7,9,11H2,1H3,(H2,19,20,22);1H. The molecule has 6 nitrogen and oxygen atoms in total. The summed E-state index contributed by atoms with van der Waals surface area (Å²) in [6.45, 7) is 1.24. The molecule has 0 saturated carbocycles. The summed E-state index contributed by atoms with van der Waals surface area (Å²) in [4.78, 5) is 7.30. The lowest BCUT2D eigenvalue weighted by Gasteiger charge is -2.14. The quantitative estimate of drug-likeness (QED) is 0.338. The Morgan fingerprint density at radius 1 is 1.38 bits per heavy atom. The summed E-state index contributed by atoms with van der Waals surface area (Å²) in [5.74, 6) is 1.07. The van der Waals surface area contributed by atoms with Crippen LogP contribution in [-0.2, 0) is 16.3 Å². The van der Waals surface area contributed by atoms with E-state index < -0.39 is 9.84 Å². The number of nitrogens with zero attached hydrogens (tertiary/aromatic N) is 1. The van der Waals surface area contributed by atoms with Gasteiger partial charge in [-0.1, -0.05) is 0 Å². The van der Waals surface area contributed by atoms with Crippen molar-refractivity contribution in [2.45, 2.75) is 12.8 Å². The first-order chi connectivity index (χ1) is 12.0. The number of aliphatic imine (C=N–C) groups is 1. The Labute approximate surface area is 170 Å². The largest absolute Gasteiger partial charge is 0.361 e. The minimum Gasteiger partial charge on any atom is -0.361 e. The van der Waals surface area contributed by atoms with E-state index in [1.165, 1.54) is 12.1 Å². The molecule has 0 radical (unpaired) electrons. The molecule has 2 heterocycles. The van der Waals surface area contributed by atoms with Crippen LogP contribution < -0.4 is 10.6 Å². The van der Waals surface area contributed by atoms with Crippen LogP contribution in [0.25, 0.3) is 10.9 Å². The summed E-state index contributed by atoms with van der Waals surface area (Å²) >= 11 is 0. The van der Waals surface area contributed by atoms with Crippen LogP contribution in [0.3, 0.4) is 0 Å². The molecule has 1 saturated heterocycles. The second kappa shape index (κ2) is 9.03. The summed E-state index contributed by atoms with van der Waals surface area (Å²) in [5.41, 5.74) is 1.96. The highest BCUT2D eigenvalue weighted by atomic mass is 127. The third kappa shape index (κ3) is 5.32. The third-order valence-corrected chi connectivity index (χ3v) is 6.36. The fraction of sp³-hybridized carbons (Fsp3) is 0.471. The van der Waals surface area contributed by atoms with E-state index in [9.17, 15) is 12.8 Å². The maximum Gasteiger partial charge on any atom is 0.190 e. The first kappa shape index (κ1) is 20.9. The van der Waals surface area contributed by atoms with Crippen molar-refractivity contribution in [1.29, 1.82) is 0 Å². The number of halogens is 2. The molecule has 0 amide bonds. The van der Waals surface area contributed by atoms with Crippen LogP contribution in [0.15, 0.2) is 29.4 Å². The van der Waals surface area contributed by atoms with Crippen molar-refractivity contribution < 1.29 is 12.8 Å². The number of hydrogen-bond donors (Lipinski definition) is 3. The molecular weight excluding hydrogens is 470 g/mol. The van der Waals surface area contributed by atoms with Crippen molar-refractivity contribution in [3.05, 3.63) is 35.8 Å². The fourth-order valence-corrected chi connectivity index (χ4v) is 5.03. The monoisotopic (exact) mass is 494 g/mol. The lowest BCUT2D eigenvalue weighted by atomic mass is 10.1. The number of aromatic nitrogens is 1. The van der Waals surface area contributed by atoms with Gasteiger partial charge in [-0.25, -0.2) is 12.8 Å². The number of sulfone groups is 1.